The van der Waals surface area contributed by atoms with Gasteiger partial charge in [0.1, 0.15) is 0 Å². The van der Waals surface area contributed by atoms with Crippen molar-refractivity contribution in [3.8, 4) is 24.4 Å². The van der Waals surface area contributed by atoms with Gasteiger partial charge in [-0.1, -0.05) is 0 Å². The summed E-state index contributed by atoms with van der Waals surface area (Å²) in [6.45, 7) is 4.48. The maximum atomic E-state index is 5.25. The Labute approximate surface area is 97.7 Å². The lowest BCUT2D eigenvalue weighted by Crippen LogP contribution is -2.43. The van der Waals surface area contributed by atoms with Gasteiger partial charge >= 0.3 is 0 Å². The molecule has 2 rings (SSSR count). The number of hydrogen-bond acceptors (Lipinski definition) is 3. The molecule has 0 aromatic rings. The van der Waals surface area contributed by atoms with Crippen molar-refractivity contribution in [1.29, 1.82) is 0 Å². The van der Waals surface area contributed by atoms with Crippen LogP contribution in [0.25, 0.3) is 0 Å². The van der Waals surface area contributed by atoms with Crippen molar-refractivity contribution in [3.05, 3.63) is 0 Å². The van der Waals surface area contributed by atoms with E-state index in [4.69, 9.17) is 11.3 Å². The molecule has 3 nitrogen and oxygen atoms in total. The predicted molar refractivity (Wildman–Crippen MR) is 63.1 cm³/mol. The van der Waals surface area contributed by atoms with Crippen LogP contribution in [0.2, 0.25) is 0 Å². The van der Waals surface area contributed by atoms with Gasteiger partial charge in [0.15, 0.2) is 6.11 Å². The lowest BCUT2D eigenvalue weighted by atomic mass is 10.1. The Hall–Kier alpha value is -1.16. The molecule has 0 aliphatic carbocycles. The number of likely N-dealkylation sites (tertiary alicyclic amines) is 1. The second kappa shape index (κ2) is 5.80. The van der Waals surface area contributed by atoms with Crippen molar-refractivity contribution in [1.82, 2.24) is 9.96 Å². The molecular formula is C13H18N2O. The van der Waals surface area contributed by atoms with Crippen LogP contribution in [0.5, 0.6) is 0 Å². The molecule has 0 radical (unpaired) electrons. The highest BCUT2D eigenvalue weighted by Gasteiger charge is 2.26. The van der Waals surface area contributed by atoms with Gasteiger partial charge in [0.2, 0.25) is 0 Å². The van der Waals surface area contributed by atoms with E-state index in [1.165, 1.54) is 38.8 Å². The van der Waals surface area contributed by atoms with Crippen molar-refractivity contribution in [3.63, 3.8) is 0 Å². The fourth-order valence-electron chi connectivity index (χ4n) is 2.52. The van der Waals surface area contributed by atoms with Crippen molar-refractivity contribution in [2.24, 2.45) is 0 Å². The first kappa shape index (κ1) is 11.3. The summed E-state index contributed by atoms with van der Waals surface area (Å²) in [5, 5.41) is 1.91. The molecule has 0 saturated carbocycles. The molecule has 0 atom stereocenters. The monoisotopic (exact) mass is 218 g/mol. The minimum atomic E-state index is 0.753. The topological polar surface area (TPSA) is 15.7 Å². The Kier molecular flexibility index (Phi) is 4.10. The predicted octanol–water partition coefficient (Wildman–Crippen LogP) is 1.07. The van der Waals surface area contributed by atoms with Crippen LogP contribution in [0.3, 0.4) is 0 Å². The third-order valence-corrected chi connectivity index (χ3v) is 3.38. The largest absolute Gasteiger partial charge is 0.352 e. The van der Waals surface area contributed by atoms with Gasteiger partial charge in [-0.3, -0.25) is 0 Å². The molecular weight excluding hydrogens is 200 g/mol. The smallest absolute Gasteiger partial charge is 0.152 e. The number of nitrogens with zero attached hydrogens (tertiary/aromatic N) is 2. The number of hydroxylamine groups is 2. The van der Waals surface area contributed by atoms with E-state index < -0.39 is 0 Å². The van der Waals surface area contributed by atoms with Crippen LogP contribution in [0, 0.1) is 24.4 Å². The first-order valence-corrected chi connectivity index (χ1v) is 6.01. The highest BCUT2D eigenvalue weighted by Crippen LogP contribution is 2.20. The SMILES string of the molecule is C#CC#CON1CCC(N2CCCC2)CC1. The van der Waals surface area contributed by atoms with Crippen LogP contribution in [0.4, 0.5) is 0 Å². The summed E-state index contributed by atoms with van der Waals surface area (Å²) in [6, 6.07) is 0.753. The number of terminal acetylenes is 1. The second-order valence-corrected chi connectivity index (χ2v) is 4.37. The van der Waals surface area contributed by atoms with E-state index in [1.807, 2.05) is 5.06 Å². The Morgan fingerprint density at radius 1 is 1.06 bits per heavy atom. The van der Waals surface area contributed by atoms with E-state index in [0.29, 0.717) is 0 Å². The van der Waals surface area contributed by atoms with Gasteiger partial charge in [0.25, 0.3) is 0 Å². The molecule has 0 aromatic carbocycles. The molecule has 0 aromatic heterocycles. The van der Waals surface area contributed by atoms with E-state index in [0.717, 1.165) is 19.1 Å². The van der Waals surface area contributed by atoms with Gasteiger partial charge < -0.3 is 9.74 Å². The van der Waals surface area contributed by atoms with Crippen molar-refractivity contribution >= 4 is 0 Å². The van der Waals surface area contributed by atoms with Gasteiger partial charge in [-0.2, -0.15) is 0 Å². The zero-order valence-electron chi connectivity index (χ0n) is 9.61. The molecule has 16 heavy (non-hydrogen) atoms. The maximum Gasteiger partial charge on any atom is 0.152 e. The minimum absolute atomic E-state index is 0.753. The summed E-state index contributed by atoms with van der Waals surface area (Å²) in [5.41, 5.74) is 0. The third-order valence-electron chi connectivity index (χ3n) is 3.38. The van der Waals surface area contributed by atoms with Crippen LogP contribution >= 0.6 is 0 Å². The van der Waals surface area contributed by atoms with Gasteiger partial charge in [0.05, 0.1) is 0 Å². The third kappa shape index (κ3) is 2.92. The summed E-state index contributed by atoms with van der Waals surface area (Å²) < 4.78 is 0. The van der Waals surface area contributed by atoms with Gasteiger partial charge in [-0.05, 0) is 44.7 Å². The van der Waals surface area contributed by atoms with E-state index >= 15 is 0 Å². The quantitative estimate of drug-likeness (QED) is 0.645. The fraction of sp³-hybridized carbons (Fsp3) is 0.692. The van der Waals surface area contributed by atoms with E-state index in [1.54, 1.807) is 0 Å². The van der Waals surface area contributed by atoms with E-state index in [-0.39, 0.29) is 0 Å². The Morgan fingerprint density at radius 3 is 2.38 bits per heavy atom. The lowest BCUT2D eigenvalue weighted by Gasteiger charge is -2.34. The molecule has 2 heterocycles. The van der Waals surface area contributed by atoms with Crippen LogP contribution in [0.15, 0.2) is 0 Å². The Bertz CT molecular complexity index is 309. The molecule has 2 aliphatic rings. The normalized spacial score (nSPS) is 23.4. The molecule has 2 aliphatic heterocycles. The van der Waals surface area contributed by atoms with Crippen LogP contribution in [-0.2, 0) is 4.84 Å². The van der Waals surface area contributed by atoms with Gasteiger partial charge in [0, 0.05) is 25.1 Å². The average molecular weight is 218 g/mol. The Balaban J connectivity index is 1.72. The van der Waals surface area contributed by atoms with Gasteiger partial charge in [-0.25, -0.2) is 0 Å². The first-order chi connectivity index (χ1) is 7.90. The summed E-state index contributed by atoms with van der Waals surface area (Å²) in [5.74, 6) is 4.71. The zero-order valence-corrected chi connectivity index (χ0v) is 9.61. The molecule has 0 N–H and O–H groups in total. The van der Waals surface area contributed by atoms with Crippen molar-refractivity contribution < 1.29 is 4.84 Å². The van der Waals surface area contributed by atoms with Gasteiger partial charge in [-0.15, -0.1) is 11.5 Å². The highest BCUT2D eigenvalue weighted by molar-refractivity contribution is 5.18. The fourth-order valence-corrected chi connectivity index (χ4v) is 2.52. The molecule has 0 bridgehead atoms. The summed E-state index contributed by atoms with van der Waals surface area (Å²) in [4.78, 5) is 7.86. The second-order valence-electron chi connectivity index (χ2n) is 4.37. The van der Waals surface area contributed by atoms with E-state index in [9.17, 15) is 0 Å². The zero-order chi connectivity index (χ0) is 11.2. The lowest BCUT2D eigenvalue weighted by molar-refractivity contribution is -0.112. The van der Waals surface area contributed by atoms with Crippen LogP contribution in [-0.4, -0.2) is 42.2 Å². The maximum absolute atomic E-state index is 5.25. The molecule has 86 valence electrons. The van der Waals surface area contributed by atoms with E-state index in [2.05, 4.69) is 22.8 Å². The molecule has 0 spiro atoms. The minimum Gasteiger partial charge on any atom is -0.352 e. The highest BCUT2D eigenvalue weighted by atomic mass is 16.7. The summed E-state index contributed by atoms with van der Waals surface area (Å²) in [7, 11) is 0. The summed E-state index contributed by atoms with van der Waals surface area (Å²) in [6.07, 6.45) is 12.6. The first-order valence-electron chi connectivity index (χ1n) is 6.01. The average Bonchev–Trinajstić information content (AvgIpc) is 2.84. The standard InChI is InChI=1S/C13H18N2O/c1-2-3-12-16-15-10-6-13(7-11-15)14-8-4-5-9-14/h1,13H,4-11H2. The number of rotatable bonds is 2. The van der Waals surface area contributed by atoms with Crippen LogP contribution in [0.1, 0.15) is 25.7 Å². The van der Waals surface area contributed by atoms with Crippen molar-refractivity contribution in [2.45, 2.75) is 31.7 Å². The molecule has 3 heteroatoms. The Morgan fingerprint density at radius 2 is 1.75 bits per heavy atom. The van der Waals surface area contributed by atoms with Crippen molar-refractivity contribution in [2.75, 3.05) is 26.2 Å². The van der Waals surface area contributed by atoms with Crippen LogP contribution < -0.4 is 0 Å². The number of hydrogen-bond donors (Lipinski definition) is 0. The summed E-state index contributed by atoms with van der Waals surface area (Å²) >= 11 is 0. The molecule has 0 unspecified atom stereocenters. The molecule has 2 fully saturated rings. The molecule has 2 saturated heterocycles. The molecule has 0 amide bonds. The number of piperidine rings is 1.